The summed E-state index contributed by atoms with van der Waals surface area (Å²) in [5.74, 6) is -0.582. The molecule has 0 bridgehead atoms. The van der Waals surface area contributed by atoms with Crippen LogP contribution >= 0.6 is 11.8 Å². The summed E-state index contributed by atoms with van der Waals surface area (Å²) in [5.41, 5.74) is 0. The molecule has 0 radical (unpaired) electrons. The van der Waals surface area contributed by atoms with E-state index < -0.39 is 22.2 Å². The molecule has 0 fully saturated rings. The van der Waals surface area contributed by atoms with Crippen molar-refractivity contribution in [3.8, 4) is 0 Å². The first-order valence-electron chi connectivity index (χ1n) is 3.85. The van der Waals surface area contributed by atoms with Gasteiger partial charge in [0, 0.05) is 7.05 Å². The van der Waals surface area contributed by atoms with Crippen LogP contribution in [0.15, 0.2) is 0 Å². The van der Waals surface area contributed by atoms with E-state index in [1.54, 1.807) is 0 Å². The van der Waals surface area contributed by atoms with Crippen LogP contribution in [-0.4, -0.2) is 44.6 Å². The summed E-state index contributed by atoms with van der Waals surface area (Å²) in [6.07, 6.45) is 2.09. The van der Waals surface area contributed by atoms with E-state index in [9.17, 15) is 13.2 Å². The van der Waals surface area contributed by atoms with Crippen molar-refractivity contribution in [3.63, 3.8) is 0 Å². The lowest BCUT2D eigenvalue weighted by atomic mass is 10.2. The highest BCUT2D eigenvalue weighted by atomic mass is 32.2. The van der Waals surface area contributed by atoms with Crippen molar-refractivity contribution in [2.75, 3.05) is 19.1 Å². The average Bonchev–Trinajstić information content (AvgIpc) is 2.12. The minimum atomic E-state index is -3.68. The second-order valence-electron chi connectivity index (χ2n) is 2.50. The van der Waals surface area contributed by atoms with Gasteiger partial charge in [-0.1, -0.05) is 0 Å². The number of nitrogens with one attached hydrogen (secondary N) is 2. The Bertz CT molecular complexity index is 278. The third-order valence-electron chi connectivity index (χ3n) is 1.47. The Morgan fingerprint density at radius 3 is 2.50 bits per heavy atom. The van der Waals surface area contributed by atoms with Crippen molar-refractivity contribution in [2.24, 2.45) is 0 Å². The largest absolute Gasteiger partial charge is 0.480 e. The van der Waals surface area contributed by atoms with E-state index in [1.165, 1.54) is 18.8 Å². The van der Waals surface area contributed by atoms with Gasteiger partial charge in [0.2, 0.25) is 0 Å². The summed E-state index contributed by atoms with van der Waals surface area (Å²) in [6, 6.07) is -1.07. The number of hydrogen-bond acceptors (Lipinski definition) is 4. The van der Waals surface area contributed by atoms with E-state index in [2.05, 4.69) is 0 Å². The summed E-state index contributed by atoms with van der Waals surface area (Å²) < 4.78 is 26.0. The van der Waals surface area contributed by atoms with E-state index >= 15 is 0 Å². The number of aliphatic carboxylic acids is 1. The van der Waals surface area contributed by atoms with Gasteiger partial charge in [0.15, 0.2) is 0 Å². The molecule has 0 aromatic carbocycles. The molecule has 0 heterocycles. The zero-order valence-electron chi connectivity index (χ0n) is 7.98. The van der Waals surface area contributed by atoms with E-state index in [0.29, 0.717) is 5.75 Å². The number of carboxylic acid groups (broad SMARTS) is 1. The molecule has 0 aliphatic rings. The summed E-state index contributed by atoms with van der Waals surface area (Å²) in [7, 11) is -2.47. The van der Waals surface area contributed by atoms with Crippen molar-refractivity contribution in [3.05, 3.63) is 0 Å². The van der Waals surface area contributed by atoms with Gasteiger partial charge in [-0.3, -0.25) is 4.79 Å². The third-order valence-corrected chi connectivity index (χ3v) is 3.25. The maximum atomic E-state index is 11.0. The Morgan fingerprint density at radius 1 is 1.57 bits per heavy atom. The van der Waals surface area contributed by atoms with Crippen LogP contribution in [0.3, 0.4) is 0 Å². The maximum Gasteiger partial charge on any atom is 0.321 e. The SMILES string of the molecule is CNS(=O)(=O)N[C@H](CCSC)C(=O)O. The van der Waals surface area contributed by atoms with Crippen LogP contribution in [0, 0.1) is 0 Å². The third kappa shape index (κ3) is 5.43. The highest BCUT2D eigenvalue weighted by molar-refractivity contribution is 7.98. The van der Waals surface area contributed by atoms with Gasteiger partial charge in [-0.05, 0) is 18.4 Å². The van der Waals surface area contributed by atoms with Crippen LogP contribution in [-0.2, 0) is 15.0 Å². The zero-order chi connectivity index (χ0) is 11.2. The fourth-order valence-corrected chi connectivity index (χ4v) is 1.90. The summed E-state index contributed by atoms with van der Waals surface area (Å²) in [6.45, 7) is 0. The highest BCUT2D eigenvalue weighted by Gasteiger charge is 2.22. The van der Waals surface area contributed by atoms with Gasteiger partial charge >= 0.3 is 5.97 Å². The minimum absolute atomic E-state index is 0.261. The molecule has 1 atom stereocenters. The first-order chi connectivity index (χ1) is 6.43. The fraction of sp³-hybridized carbons (Fsp3) is 0.833. The van der Waals surface area contributed by atoms with E-state index in [0.717, 1.165) is 0 Å². The molecule has 0 aliphatic carbocycles. The molecule has 0 spiro atoms. The molecule has 0 amide bonds. The topological polar surface area (TPSA) is 95.5 Å². The van der Waals surface area contributed by atoms with Crippen LogP contribution in [0.4, 0.5) is 0 Å². The van der Waals surface area contributed by atoms with Crippen LogP contribution in [0.1, 0.15) is 6.42 Å². The van der Waals surface area contributed by atoms with Gasteiger partial charge in [-0.2, -0.15) is 24.9 Å². The predicted molar refractivity (Wildman–Crippen MR) is 55.5 cm³/mol. The molecular formula is C6H14N2O4S2. The second kappa shape index (κ2) is 6.23. The van der Waals surface area contributed by atoms with Crippen molar-refractivity contribution in [1.29, 1.82) is 0 Å². The van der Waals surface area contributed by atoms with Crippen molar-refractivity contribution < 1.29 is 18.3 Å². The lowest BCUT2D eigenvalue weighted by molar-refractivity contribution is -0.139. The van der Waals surface area contributed by atoms with Crippen molar-refractivity contribution in [1.82, 2.24) is 9.44 Å². The van der Waals surface area contributed by atoms with Crippen LogP contribution in [0.2, 0.25) is 0 Å². The molecule has 0 aromatic rings. The number of carbonyl (C=O) groups is 1. The molecule has 0 rings (SSSR count). The molecule has 0 aliphatic heterocycles. The lowest BCUT2D eigenvalue weighted by Crippen LogP contribution is -2.45. The van der Waals surface area contributed by atoms with Gasteiger partial charge in [-0.25, -0.2) is 4.72 Å². The van der Waals surface area contributed by atoms with Gasteiger partial charge in [0.05, 0.1) is 0 Å². The quantitative estimate of drug-likeness (QED) is 0.546. The molecule has 14 heavy (non-hydrogen) atoms. The smallest absolute Gasteiger partial charge is 0.321 e. The number of rotatable bonds is 7. The van der Waals surface area contributed by atoms with Crippen LogP contribution in [0.5, 0.6) is 0 Å². The molecule has 0 saturated heterocycles. The highest BCUT2D eigenvalue weighted by Crippen LogP contribution is 2.01. The minimum Gasteiger partial charge on any atom is -0.480 e. The van der Waals surface area contributed by atoms with Crippen molar-refractivity contribution in [2.45, 2.75) is 12.5 Å². The fourth-order valence-electron chi connectivity index (χ4n) is 0.715. The molecular weight excluding hydrogens is 228 g/mol. The maximum absolute atomic E-state index is 11.0. The Kier molecular flexibility index (Phi) is 6.09. The Morgan fingerprint density at radius 2 is 2.14 bits per heavy atom. The molecule has 3 N–H and O–H groups in total. The lowest BCUT2D eigenvalue weighted by Gasteiger charge is -2.13. The van der Waals surface area contributed by atoms with Gasteiger partial charge < -0.3 is 5.11 Å². The Hall–Kier alpha value is -0.310. The second-order valence-corrected chi connectivity index (χ2v) is 5.13. The summed E-state index contributed by atoms with van der Waals surface area (Å²) >= 11 is 1.46. The monoisotopic (exact) mass is 242 g/mol. The summed E-state index contributed by atoms with van der Waals surface area (Å²) in [5, 5.41) is 8.69. The standard InChI is InChI=1S/C6H14N2O4S2/c1-7-14(11,12)8-5(6(9)10)3-4-13-2/h5,7-8H,3-4H2,1-2H3,(H,9,10)/t5-/m1/s1. The first kappa shape index (κ1) is 13.7. The van der Waals surface area contributed by atoms with Crippen LogP contribution in [0.25, 0.3) is 0 Å². The molecule has 6 nitrogen and oxygen atoms in total. The molecule has 0 saturated carbocycles. The average molecular weight is 242 g/mol. The van der Waals surface area contributed by atoms with Gasteiger partial charge in [-0.15, -0.1) is 0 Å². The van der Waals surface area contributed by atoms with Gasteiger partial charge in [0.1, 0.15) is 6.04 Å². The van der Waals surface area contributed by atoms with Crippen LogP contribution < -0.4 is 9.44 Å². The molecule has 8 heteroatoms. The number of hydrogen-bond donors (Lipinski definition) is 3. The summed E-state index contributed by atoms with van der Waals surface area (Å²) in [4.78, 5) is 10.6. The molecule has 84 valence electrons. The molecule has 0 aromatic heterocycles. The Balaban J connectivity index is 4.31. The van der Waals surface area contributed by atoms with Crippen molar-refractivity contribution >= 4 is 27.9 Å². The van der Waals surface area contributed by atoms with E-state index in [1.807, 2.05) is 15.7 Å². The van der Waals surface area contributed by atoms with E-state index in [-0.39, 0.29) is 6.42 Å². The Labute approximate surface area is 87.6 Å². The molecule has 0 unspecified atom stereocenters. The number of carboxylic acids is 1. The van der Waals surface area contributed by atoms with E-state index in [4.69, 9.17) is 5.11 Å². The van der Waals surface area contributed by atoms with Gasteiger partial charge in [0.25, 0.3) is 10.2 Å². The normalized spacial score (nSPS) is 13.9. The predicted octanol–water partition coefficient (Wildman–Crippen LogP) is -0.753. The zero-order valence-corrected chi connectivity index (χ0v) is 9.61. The number of thioether (sulfide) groups is 1. The first-order valence-corrected chi connectivity index (χ1v) is 6.73.